The minimum atomic E-state index is 0.158. The Morgan fingerprint density at radius 3 is 1.61 bits per heavy atom. The summed E-state index contributed by atoms with van der Waals surface area (Å²) in [5.41, 5.74) is 12.7. The molecule has 2 heterocycles. The first-order chi connectivity index (χ1) is 28.7. The van der Waals surface area contributed by atoms with E-state index in [1.165, 1.54) is 0 Å². The summed E-state index contributed by atoms with van der Waals surface area (Å²) in [5.74, 6) is 0. The zero-order valence-corrected chi connectivity index (χ0v) is 31.7. The Bertz CT molecular complexity index is 3380. The Labute approximate surface area is 351 Å². The Balaban J connectivity index is 1.26. The van der Waals surface area contributed by atoms with Gasteiger partial charge in [0.05, 0.1) is 22.7 Å². The fraction of sp³-hybridized carbons (Fsp3) is 0. The molecule has 0 amide bonds. The summed E-state index contributed by atoms with van der Waals surface area (Å²) in [6.07, 6.45) is 0. The largest absolute Gasteiger partial charge is 0.311 e. The van der Waals surface area contributed by atoms with Crippen molar-refractivity contribution < 1.29 is 0 Å². The average molecular weight is 730 g/mol. The van der Waals surface area contributed by atoms with Crippen LogP contribution in [-0.2, 0) is 0 Å². The van der Waals surface area contributed by atoms with Crippen molar-refractivity contribution in [3.63, 3.8) is 0 Å². The minimum Gasteiger partial charge on any atom is -0.311 e. The third-order valence-electron chi connectivity index (χ3n) is 11.6. The molecular formula is C49H24B7N3. The molecule has 0 spiro atoms. The maximum absolute atomic E-state index is 9.29. The van der Waals surface area contributed by atoms with Crippen LogP contribution in [0, 0.1) is 11.3 Å². The first kappa shape index (κ1) is 36.6. The van der Waals surface area contributed by atoms with Gasteiger partial charge in [-0.2, -0.15) is 5.26 Å². The van der Waals surface area contributed by atoms with Crippen molar-refractivity contribution >= 4 is 137 Å². The molecule has 0 aliphatic carbocycles. The van der Waals surface area contributed by atoms with Crippen LogP contribution in [0.4, 0.5) is 0 Å². The van der Waals surface area contributed by atoms with Crippen molar-refractivity contribution in [1.82, 2.24) is 9.13 Å². The zero-order valence-electron chi connectivity index (χ0n) is 31.7. The molecule has 10 rings (SSSR count). The van der Waals surface area contributed by atoms with Crippen molar-refractivity contribution in [3.05, 3.63) is 151 Å². The lowest BCUT2D eigenvalue weighted by Crippen LogP contribution is -2.48. The molecular weight excluding hydrogens is 706 g/mol. The van der Waals surface area contributed by atoms with E-state index >= 15 is 0 Å². The summed E-state index contributed by atoms with van der Waals surface area (Å²) in [6.45, 7) is 0. The summed E-state index contributed by atoms with van der Waals surface area (Å²) in [7, 11) is 48.3. The minimum absolute atomic E-state index is 0.158. The van der Waals surface area contributed by atoms with E-state index in [1.807, 2.05) is 83.4 Å². The second kappa shape index (κ2) is 14.0. The lowest BCUT2D eigenvalue weighted by molar-refractivity contribution is 1.18. The molecule has 14 radical (unpaired) electrons. The lowest BCUT2D eigenvalue weighted by Gasteiger charge is -2.19. The number of hydrogen-bond donors (Lipinski definition) is 0. The highest BCUT2D eigenvalue weighted by atomic mass is 15.0. The van der Waals surface area contributed by atoms with E-state index in [1.54, 1.807) is 12.1 Å². The third kappa shape index (κ3) is 5.52. The van der Waals surface area contributed by atoms with Gasteiger partial charge in [-0.25, -0.2) is 0 Å². The number of hydrogen-bond acceptors (Lipinski definition) is 1. The van der Waals surface area contributed by atoms with Gasteiger partial charge in [0, 0.05) is 38.6 Å². The molecule has 0 aliphatic rings. The fourth-order valence-electron chi connectivity index (χ4n) is 8.74. The first-order valence-corrected chi connectivity index (χ1v) is 19.0. The standard InChI is InChI=1S/C49H24B7N3/c50-41-37(30-20-23-35-34(24-30)38-33(29-8-3-1-4-9-29)12-7-13-36(38)58(35)31-10-5-2-6-11-31)42(51)46(55)48-39(41)40-43(52)44(53)45(54)47(56)49(40)59(48)32-21-18-28(19-22-32)27-16-14-26(25-57)15-17-27/h1-24H. The molecule has 10 aromatic rings. The van der Waals surface area contributed by atoms with Gasteiger partial charge in [0.1, 0.15) is 54.9 Å². The molecule has 256 valence electrons. The highest BCUT2D eigenvalue weighted by Crippen LogP contribution is 2.40. The summed E-state index contributed by atoms with van der Waals surface area (Å²) >= 11 is 0. The predicted octanol–water partition coefficient (Wildman–Crippen LogP) is 4.31. The lowest BCUT2D eigenvalue weighted by atomic mass is 9.64. The smallest absolute Gasteiger partial charge is 0.115 e. The van der Waals surface area contributed by atoms with E-state index in [0.717, 1.165) is 61.0 Å². The van der Waals surface area contributed by atoms with E-state index in [4.69, 9.17) is 54.9 Å². The number of rotatable bonds is 5. The van der Waals surface area contributed by atoms with Crippen LogP contribution >= 0.6 is 0 Å². The number of para-hydroxylation sites is 1. The summed E-state index contributed by atoms with van der Waals surface area (Å²) in [6, 6.07) is 50.8. The van der Waals surface area contributed by atoms with Gasteiger partial charge >= 0.3 is 0 Å². The van der Waals surface area contributed by atoms with Gasteiger partial charge in [-0.3, -0.25) is 0 Å². The number of aromatic nitrogens is 2. The van der Waals surface area contributed by atoms with Gasteiger partial charge in [0.15, 0.2) is 0 Å². The molecule has 0 saturated heterocycles. The fourth-order valence-corrected chi connectivity index (χ4v) is 8.74. The number of fused-ring (bicyclic) bond motifs is 6. The van der Waals surface area contributed by atoms with Crippen LogP contribution in [0.1, 0.15) is 5.56 Å². The predicted molar refractivity (Wildman–Crippen MR) is 254 cm³/mol. The quantitative estimate of drug-likeness (QED) is 0.244. The summed E-state index contributed by atoms with van der Waals surface area (Å²) < 4.78 is 4.19. The molecule has 3 nitrogen and oxygen atoms in total. The number of benzene rings is 8. The highest BCUT2D eigenvalue weighted by Gasteiger charge is 2.25. The van der Waals surface area contributed by atoms with Gasteiger partial charge in [-0.15, -0.1) is 10.9 Å². The normalized spacial score (nSPS) is 11.5. The van der Waals surface area contributed by atoms with Crippen LogP contribution in [0.25, 0.3) is 88.4 Å². The first-order valence-electron chi connectivity index (χ1n) is 19.0. The second-order valence-corrected chi connectivity index (χ2v) is 14.8. The van der Waals surface area contributed by atoms with Crippen LogP contribution in [0.5, 0.6) is 0 Å². The molecule has 0 atom stereocenters. The van der Waals surface area contributed by atoms with E-state index in [0.29, 0.717) is 49.3 Å². The van der Waals surface area contributed by atoms with E-state index in [9.17, 15) is 5.26 Å². The molecule has 10 heteroatoms. The maximum Gasteiger partial charge on any atom is 0.115 e. The highest BCUT2D eigenvalue weighted by molar-refractivity contribution is 6.69. The SMILES string of the molecule is [B]c1c([B])c([B])c2c(c1[B])c1c([B])c(-c3ccc4c(c3)c3c(-c5ccccc5)cccc3n4-c3ccccc3)c([B])c([B])c1n2-c1ccc(-c2ccc(C#N)cc2)cc1. The van der Waals surface area contributed by atoms with E-state index in [-0.39, 0.29) is 21.9 Å². The van der Waals surface area contributed by atoms with Crippen LogP contribution in [0.3, 0.4) is 0 Å². The molecule has 59 heavy (non-hydrogen) atoms. The molecule has 0 bridgehead atoms. The van der Waals surface area contributed by atoms with E-state index in [2.05, 4.69) is 65.2 Å². The van der Waals surface area contributed by atoms with Crippen molar-refractivity contribution in [1.29, 1.82) is 5.26 Å². The Kier molecular flexibility index (Phi) is 8.69. The Morgan fingerprint density at radius 2 is 0.949 bits per heavy atom. The van der Waals surface area contributed by atoms with E-state index < -0.39 is 0 Å². The number of nitrogens with zero attached hydrogens (tertiary/aromatic N) is 3. The molecule has 0 N–H and O–H groups in total. The van der Waals surface area contributed by atoms with Crippen LogP contribution < -0.4 is 38.2 Å². The van der Waals surface area contributed by atoms with Gasteiger partial charge in [0.2, 0.25) is 0 Å². The third-order valence-corrected chi connectivity index (χ3v) is 11.6. The zero-order chi connectivity index (χ0) is 40.7. The van der Waals surface area contributed by atoms with Crippen LogP contribution in [-0.4, -0.2) is 64.1 Å². The Hall–Kier alpha value is -6.70. The molecule has 0 unspecified atom stereocenters. The molecule has 8 aromatic carbocycles. The van der Waals surface area contributed by atoms with Gasteiger partial charge in [-0.05, 0) is 93.4 Å². The molecule has 0 aliphatic heterocycles. The average Bonchev–Trinajstić information content (AvgIpc) is 3.82. The topological polar surface area (TPSA) is 33.6 Å². The van der Waals surface area contributed by atoms with Crippen molar-refractivity contribution in [2.75, 3.05) is 0 Å². The van der Waals surface area contributed by atoms with Crippen molar-refractivity contribution in [3.8, 4) is 50.8 Å². The summed E-state index contributed by atoms with van der Waals surface area (Å²) in [4.78, 5) is 0. The molecule has 2 aromatic heterocycles. The van der Waals surface area contributed by atoms with Crippen molar-refractivity contribution in [2.24, 2.45) is 0 Å². The molecule has 0 fully saturated rings. The van der Waals surface area contributed by atoms with Crippen LogP contribution in [0.2, 0.25) is 0 Å². The van der Waals surface area contributed by atoms with Gasteiger partial charge in [-0.1, -0.05) is 118 Å². The number of nitriles is 1. The van der Waals surface area contributed by atoms with Crippen molar-refractivity contribution in [2.45, 2.75) is 0 Å². The monoisotopic (exact) mass is 731 g/mol. The van der Waals surface area contributed by atoms with Gasteiger partial charge < -0.3 is 9.13 Å². The Morgan fingerprint density at radius 1 is 0.390 bits per heavy atom. The van der Waals surface area contributed by atoms with Crippen LogP contribution in [0.15, 0.2) is 146 Å². The second-order valence-electron chi connectivity index (χ2n) is 14.8. The maximum atomic E-state index is 9.29. The molecule has 0 saturated carbocycles. The summed E-state index contributed by atoms with van der Waals surface area (Å²) in [5, 5.41) is 12.5. The van der Waals surface area contributed by atoms with Gasteiger partial charge in [0.25, 0.3) is 0 Å².